The van der Waals surface area contributed by atoms with Gasteiger partial charge in [0.1, 0.15) is 5.76 Å². The highest BCUT2D eigenvalue weighted by atomic mass is 16.3. The van der Waals surface area contributed by atoms with E-state index in [1.54, 1.807) is 18.4 Å². The van der Waals surface area contributed by atoms with Crippen LogP contribution in [0, 0.1) is 0 Å². The molecule has 1 unspecified atom stereocenters. The molecule has 1 aromatic heterocycles. The van der Waals surface area contributed by atoms with Gasteiger partial charge in [0.05, 0.1) is 6.26 Å². The monoisotopic (exact) mass is 248 g/mol. The highest BCUT2D eigenvalue weighted by Gasteiger charge is 2.24. The van der Waals surface area contributed by atoms with Crippen molar-refractivity contribution in [2.45, 2.75) is 31.7 Å². The summed E-state index contributed by atoms with van der Waals surface area (Å²) in [5, 5.41) is 0. The Morgan fingerprint density at radius 2 is 2.44 bits per heavy atom. The van der Waals surface area contributed by atoms with Gasteiger partial charge in [-0.3, -0.25) is 4.79 Å². The third kappa shape index (κ3) is 3.23. The Morgan fingerprint density at radius 1 is 1.56 bits per heavy atom. The smallest absolute Gasteiger partial charge is 0.246 e. The van der Waals surface area contributed by atoms with Crippen molar-refractivity contribution in [3.8, 4) is 0 Å². The Labute approximate surface area is 107 Å². The summed E-state index contributed by atoms with van der Waals surface area (Å²) in [4.78, 5) is 14.1. The standard InChI is InChI=1S/C14H20N2O2/c15-9-8-12-4-1-2-10-16(12)14(17)7-6-13-5-3-11-18-13/h3,5-7,11-12H,1-2,4,8-10,15H2/b7-6+. The van der Waals surface area contributed by atoms with Gasteiger partial charge in [-0.2, -0.15) is 0 Å². The number of furan rings is 1. The first-order valence-electron chi connectivity index (χ1n) is 6.53. The van der Waals surface area contributed by atoms with Crippen molar-refractivity contribution in [3.63, 3.8) is 0 Å². The molecular weight excluding hydrogens is 228 g/mol. The van der Waals surface area contributed by atoms with Crippen LogP contribution in [0.2, 0.25) is 0 Å². The molecule has 1 fully saturated rings. The fourth-order valence-corrected chi connectivity index (χ4v) is 2.42. The Hall–Kier alpha value is -1.55. The maximum absolute atomic E-state index is 12.1. The molecule has 2 rings (SSSR count). The molecule has 0 spiro atoms. The first kappa shape index (κ1) is 12.9. The van der Waals surface area contributed by atoms with Gasteiger partial charge in [-0.1, -0.05) is 0 Å². The molecule has 2 heterocycles. The minimum absolute atomic E-state index is 0.0598. The maximum Gasteiger partial charge on any atom is 0.246 e. The third-order valence-corrected chi connectivity index (χ3v) is 3.34. The Bertz CT molecular complexity index is 396. The van der Waals surface area contributed by atoms with Crippen LogP contribution in [0.5, 0.6) is 0 Å². The minimum Gasteiger partial charge on any atom is -0.465 e. The zero-order valence-electron chi connectivity index (χ0n) is 10.5. The summed E-state index contributed by atoms with van der Waals surface area (Å²) >= 11 is 0. The van der Waals surface area contributed by atoms with Crippen LogP contribution < -0.4 is 5.73 Å². The van der Waals surface area contributed by atoms with Crippen LogP contribution >= 0.6 is 0 Å². The highest BCUT2D eigenvalue weighted by Crippen LogP contribution is 2.19. The molecule has 1 amide bonds. The van der Waals surface area contributed by atoms with Crippen LogP contribution in [0.1, 0.15) is 31.4 Å². The molecule has 1 saturated heterocycles. The van der Waals surface area contributed by atoms with Crippen molar-refractivity contribution in [1.29, 1.82) is 0 Å². The zero-order valence-corrected chi connectivity index (χ0v) is 10.5. The van der Waals surface area contributed by atoms with E-state index < -0.39 is 0 Å². The number of rotatable bonds is 4. The molecule has 0 saturated carbocycles. The van der Waals surface area contributed by atoms with Gasteiger partial charge in [0, 0.05) is 18.7 Å². The van der Waals surface area contributed by atoms with Crippen molar-refractivity contribution in [3.05, 3.63) is 30.2 Å². The fraction of sp³-hybridized carbons (Fsp3) is 0.500. The molecule has 0 bridgehead atoms. The molecule has 18 heavy (non-hydrogen) atoms. The molecule has 4 heteroatoms. The van der Waals surface area contributed by atoms with E-state index in [1.165, 1.54) is 6.42 Å². The van der Waals surface area contributed by atoms with Crippen molar-refractivity contribution >= 4 is 12.0 Å². The van der Waals surface area contributed by atoms with Crippen LogP contribution in [0.3, 0.4) is 0 Å². The lowest BCUT2D eigenvalue weighted by molar-refractivity contribution is -0.129. The topological polar surface area (TPSA) is 59.5 Å². The van der Waals surface area contributed by atoms with E-state index in [1.807, 2.05) is 17.0 Å². The number of amides is 1. The number of nitrogens with two attached hydrogens (primary N) is 1. The summed E-state index contributed by atoms with van der Waals surface area (Å²) in [5.41, 5.74) is 5.60. The maximum atomic E-state index is 12.1. The van der Waals surface area contributed by atoms with E-state index in [4.69, 9.17) is 10.2 Å². The molecule has 4 nitrogen and oxygen atoms in total. The molecule has 0 aliphatic carbocycles. The van der Waals surface area contributed by atoms with Gasteiger partial charge in [-0.05, 0) is 50.4 Å². The van der Waals surface area contributed by atoms with Gasteiger partial charge in [0.25, 0.3) is 0 Å². The predicted octanol–water partition coefficient (Wildman–Crippen LogP) is 2.02. The number of hydrogen-bond donors (Lipinski definition) is 1. The lowest BCUT2D eigenvalue weighted by atomic mass is 9.99. The van der Waals surface area contributed by atoms with Gasteiger partial charge in [-0.15, -0.1) is 0 Å². The largest absolute Gasteiger partial charge is 0.465 e. The molecule has 0 radical (unpaired) electrons. The molecule has 1 aliphatic rings. The van der Waals surface area contributed by atoms with E-state index >= 15 is 0 Å². The summed E-state index contributed by atoms with van der Waals surface area (Å²) in [6, 6.07) is 3.94. The van der Waals surface area contributed by atoms with Gasteiger partial charge < -0.3 is 15.1 Å². The summed E-state index contributed by atoms with van der Waals surface area (Å²) in [5.74, 6) is 0.764. The molecular formula is C14H20N2O2. The van der Waals surface area contributed by atoms with E-state index in [9.17, 15) is 4.79 Å². The fourth-order valence-electron chi connectivity index (χ4n) is 2.42. The van der Waals surface area contributed by atoms with E-state index in [0.717, 1.165) is 25.8 Å². The molecule has 2 N–H and O–H groups in total. The van der Waals surface area contributed by atoms with E-state index in [-0.39, 0.29) is 5.91 Å². The van der Waals surface area contributed by atoms with Crippen LogP contribution in [0.25, 0.3) is 6.08 Å². The number of likely N-dealkylation sites (tertiary alicyclic amines) is 1. The summed E-state index contributed by atoms with van der Waals surface area (Å²) in [7, 11) is 0. The van der Waals surface area contributed by atoms with Crippen LogP contribution in [0.4, 0.5) is 0 Å². The van der Waals surface area contributed by atoms with E-state index in [2.05, 4.69) is 0 Å². The van der Waals surface area contributed by atoms with E-state index in [0.29, 0.717) is 18.3 Å². The van der Waals surface area contributed by atoms with Gasteiger partial charge in [0.15, 0.2) is 0 Å². The van der Waals surface area contributed by atoms with Crippen molar-refractivity contribution in [2.24, 2.45) is 5.73 Å². The SMILES string of the molecule is NCCC1CCCCN1C(=O)/C=C/c1ccco1. The van der Waals surface area contributed by atoms with Crippen LogP contribution in [0.15, 0.2) is 28.9 Å². The number of hydrogen-bond acceptors (Lipinski definition) is 3. The second kappa shape index (κ2) is 6.40. The normalized spacial score (nSPS) is 20.5. The quantitative estimate of drug-likeness (QED) is 0.829. The van der Waals surface area contributed by atoms with Crippen molar-refractivity contribution in [1.82, 2.24) is 4.90 Å². The van der Waals surface area contributed by atoms with Gasteiger partial charge >= 0.3 is 0 Å². The number of piperidine rings is 1. The molecule has 1 aliphatic heterocycles. The number of carbonyl (C=O) groups is 1. The summed E-state index contributed by atoms with van der Waals surface area (Å²) in [6.07, 6.45) is 9.14. The highest BCUT2D eigenvalue weighted by molar-refractivity contribution is 5.91. The Balaban J connectivity index is 1.97. The minimum atomic E-state index is 0.0598. The first-order chi connectivity index (χ1) is 8.81. The average molecular weight is 248 g/mol. The summed E-state index contributed by atoms with van der Waals surface area (Å²) < 4.78 is 5.17. The average Bonchev–Trinajstić information content (AvgIpc) is 2.90. The molecule has 1 atom stereocenters. The lowest BCUT2D eigenvalue weighted by Crippen LogP contribution is -2.43. The number of carbonyl (C=O) groups excluding carboxylic acids is 1. The Morgan fingerprint density at radius 3 is 3.17 bits per heavy atom. The second-order valence-corrected chi connectivity index (χ2v) is 4.61. The Kier molecular flexibility index (Phi) is 4.59. The number of nitrogens with zero attached hydrogens (tertiary/aromatic N) is 1. The molecule has 1 aromatic rings. The first-order valence-corrected chi connectivity index (χ1v) is 6.53. The van der Waals surface area contributed by atoms with Crippen molar-refractivity contribution in [2.75, 3.05) is 13.1 Å². The lowest BCUT2D eigenvalue weighted by Gasteiger charge is -2.35. The summed E-state index contributed by atoms with van der Waals surface area (Å²) in [6.45, 7) is 1.47. The van der Waals surface area contributed by atoms with Crippen LogP contribution in [-0.2, 0) is 4.79 Å². The third-order valence-electron chi connectivity index (χ3n) is 3.34. The molecule has 98 valence electrons. The predicted molar refractivity (Wildman–Crippen MR) is 70.8 cm³/mol. The van der Waals surface area contributed by atoms with Gasteiger partial charge in [0.2, 0.25) is 5.91 Å². The van der Waals surface area contributed by atoms with Crippen molar-refractivity contribution < 1.29 is 9.21 Å². The zero-order chi connectivity index (χ0) is 12.8. The second-order valence-electron chi connectivity index (χ2n) is 4.61. The molecule has 0 aromatic carbocycles. The van der Waals surface area contributed by atoms with Gasteiger partial charge in [-0.25, -0.2) is 0 Å². The van der Waals surface area contributed by atoms with Crippen LogP contribution in [-0.4, -0.2) is 29.9 Å².